The average molecular weight is 425 g/mol. The fourth-order valence-corrected chi connectivity index (χ4v) is 3.97. The number of benzene rings is 2. The molecular formula is C25H36N4O2. The van der Waals surface area contributed by atoms with Gasteiger partial charge in [-0.2, -0.15) is 0 Å². The zero-order chi connectivity index (χ0) is 22.1. The van der Waals surface area contributed by atoms with Crippen LogP contribution in [0.3, 0.4) is 0 Å². The molecule has 0 spiro atoms. The topological polar surface area (TPSA) is 50.3 Å². The highest BCUT2D eigenvalue weighted by atomic mass is 16.3. The van der Waals surface area contributed by atoms with Crippen LogP contribution >= 0.6 is 0 Å². The number of β-amino-alcohol motifs (C(OH)–C–C–N with tert-alkyl or cyclic N) is 1. The smallest absolute Gasteiger partial charge is 0.236 e. The van der Waals surface area contributed by atoms with Crippen LogP contribution in [-0.4, -0.2) is 96.6 Å². The first-order chi connectivity index (χ1) is 15.0. The van der Waals surface area contributed by atoms with E-state index in [0.29, 0.717) is 32.7 Å². The molecule has 1 aliphatic rings. The van der Waals surface area contributed by atoms with Gasteiger partial charge in [-0.15, -0.1) is 0 Å². The maximum atomic E-state index is 13.0. The first-order valence-corrected chi connectivity index (χ1v) is 11.1. The van der Waals surface area contributed by atoms with Crippen molar-refractivity contribution >= 4 is 5.91 Å². The largest absolute Gasteiger partial charge is 0.390 e. The van der Waals surface area contributed by atoms with Crippen LogP contribution in [0.25, 0.3) is 0 Å². The highest BCUT2D eigenvalue weighted by Crippen LogP contribution is 2.11. The molecule has 1 N–H and O–H groups in total. The van der Waals surface area contributed by atoms with Crippen molar-refractivity contribution in [2.45, 2.75) is 19.2 Å². The van der Waals surface area contributed by atoms with Crippen molar-refractivity contribution in [2.24, 2.45) is 0 Å². The van der Waals surface area contributed by atoms with E-state index in [0.717, 1.165) is 26.2 Å². The first-order valence-electron chi connectivity index (χ1n) is 11.1. The number of aliphatic hydroxyl groups excluding tert-OH is 1. The van der Waals surface area contributed by atoms with Gasteiger partial charge in [-0.1, -0.05) is 60.7 Å². The van der Waals surface area contributed by atoms with Gasteiger partial charge < -0.3 is 14.9 Å². The van der Waals surface area contributed by atoms with E-state index in [2.05, 4.69) is 46.0 Å². The van der Waals surface area contributed by atoms with Crippen LogP contribution in [0.2, 0.25) is 0 Å². The van der Waals surface area contributed by atoms with Crippen molar-refractivity contribution in [1.29, 1.82) is 0 Å². The lowest BCUT2D eigenvalue weighted by Gasteiger charge is -2.34. The van der Waals surface area contributed by atoms with Crippen molar-refractivity contribution in [3.05, 3.63) is 71.8 Å². The Morgan fingerprint density at radius 2 is 1.45 bits per heavy atom. The SMILES string of the molecule is CN1CCN(CC(O)CN(C)C(=O)CN(Cc2ccccc2)Cc2ccccc2)CC1. The number of piperazine rings is 1. The van der Waals surface area contributed by atoms with E-state index in [1.807, 2.05) is 36.4 Å². The summed E-state index contributed by atoms with van der Waals surface area (Å²) in [6, 6.07) is 20.5. The molecule has 3 rings (SSSR count). The van der Waals surface area contributed by atoms with Gasteiger partial charge in [-0.05, 0) is 18.2 Å². The summed E-state index contributed by atoms with van der Waals surface area (Å²) in [5, 5.41) is 10.5. The molecule has 1 fully saturated rings. The first kappa shape index (κ1) is 23.4. The monoisotopic (exact) mass is 424 g/mol. The lowest BCUT2D eigenvalue weighted by molar-refractivity contribution is -0.132. The van der Waals surface area contributed by atoms with Crippen LogP contribution in [-0.2, 0) is 17.9 Å². The molecule has 1 heterocycles. The Kier molecular flexibility index (Phi) is 9.03. The van der Waals surface area contributed by atoms with Crippen molar-refractivity contribution < 1.29 is 9.90 Å². The van der Waals surface area contributed by atoms with E-state index in [1.165, 1.54) is 11.1 Å². The van der Waals surface area contributed by atoms with Crippen LogP contribution in [0.5, 0.6) is 0 Å². The number of nitrogens with zero attached hydrogens (tertiary/aromatic N) is 4. The van der Waals surface area contributed by atoms with Crippen LogP contribution in [0.4, 0.5) is 0 Å². The quantitative estimate of drug-likeness (QED) is 0.630. The Morgan fingerprint density at radius 1 is 0.935 bits per heavy atom. The van der Waals surface area contributed by atoms with Crippen LogP contribution < -0.4 is 0 Å². The highest BCUT2D eigenvalue weighted by molar-refractivity contribution is 5.78. The van der Waals surface area contributed by atoms with Crippen molar-refractivity contribution in [1.82, 2.24) is 19.6 Å². The minimum absolute atomic E-state index is 0.0317. The zero-order valence-electron chi connectivity index (χ0n) is 18.9. The van der Waals surface area contributed by atoms with E-state index in [1.54, 1.807) is 11.9 Å². The van der Waals surface area contributed by atoms with Crippen molar-refractivity contribution in [3.8, 4) is 0 Å². The summed E-state index contributed by atoms with van der Waals surface area (Å²) < 4.78 is 0. The third-order valence-corrected chi connectivity index (χ3v) is 5.83. The molecule has 1 amide bonds. The van der Waals surface area contributed by atoms with Gasteiger partial charge in [0.05, 0.1) is 12.6 Å². The van der Waals surface area contributed by atoms with E-state index in [4.69, 9.17) is 0 Å². The predicted molar refractivity (Wildman–Crippen MR) is 125 cm³/mol. The minimum atomic E-state index is -0.533. The lowest BCUT2D eigenvalue weighted by atomic mass is 10.1. The molecule has 0 saturated carbocycles. The summed E-state index contributed by atoms with van der Waals surface area (Å²) in [4.78, 5) is 21.4. The Morgan fingerprint density at radius 3 is 1.97 bits per heavy atom. The normalized spacial score (nSPS) is 16.4. The molecule has 2 aromatic carbocycles. The number of hydrogen-bond donors (Lipinski definition) is 1. The van der Waals surface area contributed by atoms with Gasteiger partial charge in [-0.25, -0.2) is 0 Å². The second kappa shape index (κ2) is 12.0. The van der Waals surface area contributed by atoms with Gasteiger partial charge in [0, 0.05) is 59.4 Å². The highest BCUT2D eigenvalue weighted by Gasteiger charge is 2.21. The Bertz CT molecular complexity index is 737. The molecule has 6 heteroatoms. The molecule has 168 valence electrons. The van der Waals surface area contributed by atoms with Gasteiger partial charge in [0.15, 0.2) is 0 Å². The summed E-state index contributed by atoms with van der Waals surface area (Å²) in [6.07, 6.45) is -0.533. The number of likely N-dealkylation sites (N-methyl/N-ethyl adjacent to an activating group) is 2. The second-order valence-electron chi connectivity index (χ2n) is 8.65. The average Bonchev–Trinajstić information content (AvgIpc) is 2.76. The second-order valence-corrected chi connectivity index (χ2v) is 8.65. The maximum Gasteiger partial charge on any atom is 0.236 e. The van der Waals surface area contributed by atoms with Crippen molar-refractivity contribution in [2.75, 3.05) is 59.9 Å². The third-order valence-electron chi connectivity index (χ3n) is 5.83. The van der Waals surface area contributed by atoms with Gasteiger partial charge >= 0.3 is 0 Å². The summed E-state index contributed by atoms with van der Waals surface area (Å²) in [5.41, 5.74) is 2.37. The molecule has 1 unspecified atom stereocenters. The summed E-state index contributed by atoms with van der Waals surface area (Å²) in [6.45, 7) is 6.68. The number of rotatable bonds is 10. The number of hydrogen-bond acceptors (Lipinski definition) is 5. The Balaban J connectivity index is 1.54. The predicted octanol–water partition coefficient (Wildman–Crippen LogP) is 1.76. The maximum absolute atomic E-state index is 13.0. The van der Waals surface area contributed by atoms with Gasteiger partial charge in [0.25, 0.3) is 0 Å². The number of aliphatic hydroxyl groups is 1. The molecule has 6 nitrogen and oxygen atoms in total. The van der Waals surface area contributed by atoms with E-state index < -0.39 is 6.10 Å². The van der Waals surface area contributed by atoms with E-state index in [-0.39, 0.29) is 5.91 Å². The fourth-order valence-electron chi connectivity index (χ4n) is 3.97. The Hall–Kier alpha value is -2.25. The molecule has 0 aromatic heterocycles. The standard InChI is InChI=1S/C25H36N4O2/c1-26-13-15-28(16-14-26)20-24(30)19-27(2)25(31)21-29(17-22-9-5-3-6-10-22)18-23-11-7-4-8-12-23/h3-12,24,30H,13-21H2,1-2H3. The fraction of sp³-hybridized carbons (Fsp3) is 0.480. The zero-order valence-corrected chi connectivity index (χ0v) is 18.9. The van der Waals surface area contributed by atoms with Gasteiger partial charge in [-0.3, -0.25) is 14.6 Å². The Labute approximate surface area is 186 Å². The number of carbonyl (C=O) groups is 1. The van der Waals surface area contributed by atoms with E-state index >= 15 is 0 Å². The molecule has 31 heavy (non-hydrogen) atoms. The molecule has 1 aliphatic heterocycles. The van der Waals surface area contributed by atoms with E-state index in [9.17, 15) is 9.90 Å². The molecule has 1 saturated heterocycles. The van der Waals surface area contributed by atoms with Gasteiger partial charge in [0.1, 0.15) is 0 Å². The number of amides is 1. The molecule has 0 bridgehead atoms. The number of carbonyl (C=O) groups excluding carboxylic acids is 1. The molecule has 1 atom stereocenters. The molecule has 0 aliphatic carbocycles. The van der Waals surface area contributed by atoms with Crippen LogP contribution in [0, 0.1) is 0 Å². The lowest BCUT2D eigenvalue weighted by Crippen LogP contribution is -2.49. The third kappa shape index (κ3) is 8.07. The molecule has 0 radical (unpaired) electrons. The van der Waals surface area contributed by atoms with Crippen molar-refractivity contribution in [3.63, 3.8) is 0 Å². The summed E-state index contributed by atoms with van der Waals surface area (Å²) in [7, 11) is 3.91. The molecule has 2 aromatic rings. The van der Waals surface area contributed by atoms with Crippen LogP contribution in [0.15, 0.2) is 60.7 Å². The van der Waals surface area contributed by atoms with Gasteiger partial charge in [0.2, 0.25) is 5.91 Å². The minimum Gasteiger partial charge on any atom is -0.390 e. The molecular weight excluding hydrogens is 388 g/mol. The summed E-state index contributed by atoms with van der Waals surface area (Å²) in [5.74, 6) is 0.0317. The van der Waals surface area contributed by atoms with Crippen LogP contribution in [0.1, 0.15) is 11.1 Å². The summed E-state index contributed by atoms with van der Waals surface area (Å²) >= 11 is 0.